The Kier molecular flexibility index (Phi) is 3.53. The van der Waals surface area contributed by atoms with Crippen LogP contribution in [0, 0.1) is 5.92 Å². The number of likely N-dealkylation sites (tertiary alicyclic amines) is 1. The Balaban J connectivity index is 1.75. The lowest BCUT2D eigenvalue weighted by Gasteiger charge is -2.30. The fraction of sp³-hybridized carbons (Fsp3) is 0.533. The number of fused-ring (bicyclic) bond motifs is 1. The van der Waals surface area contributed by atoms with Gasteiger partial charge >= 0.3 is 0 Å². The molecule has 2 aromatic rings. The highest BCUT2D eigenvalue weighted by molar-refractivity contribution is 5.81. The molecule has 3 rings (SSSR count). The zero-order chi connectivity index (χ0) is 13.2. The van der Waals surface area contributed by atoms with Gasteiger partial charge in [-0.2, -0.15) is 5.10 Å². The Morgan fingerprint density at radius 1 is 1.26 bits per heavy atom. The average Bonchev–Trinajstić information content (AvgIpc) is 2.77. The number of hydrogen-bond acceptors (Lipinski definition) is 3. The lowest BCUT2D eigenvalue weighted by molar-refractivity contribution is 0.179. The van der Waals surface area contributed by atoms with Crippen LogP contribution in [-0.2, 0) is 13.6 Å². The molecule has 1 aliphatic rings. The topological polar surface area (TPSA) is 47.1 Å². The molecule has 1 saturated heterocycles. The number of hydrogen-bond donors (Lipinski definition) is 1. The van der Waals surface area contributed by atoms with Crippen molar-refractivity contribution in [3.63, 3.8) is 0 Å². The molecular formula is C15H22N4. The normalized spacial score (nSPS) is 18.2. The van der Waals surface area contributed by atoms with Crippen molar-refractivity contribution in [2.24, 2.45) is 18.7 Å². The van der Waals surface area contributed by atoms with Gasteiger partial charge in [0, 0.05) is 19.0 Å². The summed E-state index contributed by atoms with van der Waals surface area (Å²) >= 11 is 0. The van der Waals surface area contributed by atoms with E-state index in [1.165, 1.54) is 29.4 Å². The van der Waals surface area contributed by atoms with Gasteiger partial charge in [0.15, 0.2) is 0 Å². The second-order valence-electron chi connectivity index (χ2n) is 5.54. The summed E-state index contributed by atoms with van der Waals surface area (Å²) in [7, 11) is 2.02. The van der Waals surface area contributed by atoms with Crippen LogP contribution in [0.25, 0.3) is 10.9 Å². The first-order valence-electron chi connectivity index (χ1n) is 7.11. The van der Waals surface area contributed by atoms with Crippen molar-refractivity contribution >= 4 is 10.9 Å². The molecule has 0 aliphatic carbocycles. The molecule has 0 radical (unpaired) electrons. The Bertz CT molecular complexity index is 552. The summed E-state index contributed by atoms with van der Waals surface area (Å²) in [5.41, 5.74) is 8.16. The van der Waals surface area contributed by atoms with Gasteiger partial charge in [-0.25, -0.2) is 0 Å². The maximum atomic E-state index is 5.74. The zero-order valence-electron chi connectivity index (χ0n) is 11.5. The van der Waals surface area contributed by atoms with Crippen molar-refractivity contribution in [3.05, 3.63) is 30.0 Å². The third-order valence-electron chi connectivity index (χ3n) is 4.25. The predicted molar refractivity (Wildman–Crippen MR) is 77.8 cm³/mol. The van der Waals surface area contributed by atoms with Crippen LogP contribution in [-0.4, -0.2) is 34.3 Å². The summed E-state index contributed by atoms with van der Waals surface area (Å²) in [6, 6.07) is 8.46. The van der Waals surface area contributed by atoms with Crippen LogP contribution in [0.3, 0.4) is 0 Å². The third-order valence-corrected chi connectivity index (χ3v) is 4.25. The molecule has 0 amide bonds. The molecule has 102 valence electrons. The lowest BCUT2D eigenvalue weighted by Crippen LogP contribution is -2.35. The molecule has 0 unspecified atom stereocenters. The van der Waals surface area contributed by atoms with Gasteiger partial charge in [-0.1, -0.05) is 18.2 Å². The van der Waals surface area contributed by atoms with Crippen molar-refractivity contribution in [3.8, 4) is 0 Å². The van der Waals surface area contributed by atoms with Crippen LogP contribution in [0.15, 0.2) is 24.3 Å². The van der Waals surface area contributed by atoms with E-state index < -0.39 is 0 Å². The second-order valence-corrected chi connectivity index (χ2v) is 5.54. The van der Waals surface area contributed by atoms with E-state index in [1.54, 1.807) is 0 Å². The minimum atomic E-state index is 0.719. The lowest BCUT2D eigenvalue weighted by atomic mass is 9.97. The van der Waals surface area contributed by atoms with E-state index in [0.29, 0.717) is 0 Å². The Labute approximate surface area is 114 Å². The molecule has 1 aromatic heterocycles. The molecular weight excluding hydrogens is 236 g/mol. The van der Waals surface area contributed by atoms with Crippen molar-refractivity contribution in [1.29, 1.82) is 0 Å². The number of rotatable bonds is 3. The smallest absolute Gasteiger partial charge is 0.0843 e. The standard InChI is InChI=1S/C15H22N4/c1-18-15-5-3-2-4-13(15)14(17-18)11-19-8-6-12(10-16)7-9-19/h2-5,12H,6-11,16H2,1H3. The van der Waals surface area contributed by atoms with E-state index >= 15 is 0 Å². The zero-order valence-corrected chi connectivity index (χ0v) is 11.5. The fourth-order valence-corrected chi connectivity index (χ4v) is 3.00. The molecule has 1 aromatic carbocycles. The molecule has 2 heterocycles. The molecule has 19 heavy (non-hydrogen) atoms. The van der Waals surface area contributed by atoms with Crippen molar-refractivity contribution < 1.29 is 0 Å². The number of nitrogens with zero attached hydrogens (tertiary/aromatic N) is 3. The number of benzene rings is 1. The third kappa shape index (κ3) is 2.51. The van der Waals surface area contributed by atoms with E-state index in [0.717, 1.165) is 32.1 Å². The highest BCUT2D eigenvalue weighted by Gasteiger charge is 2.19. The first-order chi connectivity index (χ1) is 9.28. The van der Waals surface area contributed by atoms with E-state index in [2.05, 4.69) is 34.3 Å². The van der Waals surface area contributed by atoms with Crippen LogP contribution in [0.4, 0.5) is 0 Å². The van der Waals surface area contributed by atoms with E-state index in [1.807, 2.05) is 11.7 Å². The van der Waals surface area contributed by atoms with Gasteiger partial charge in [-0.15, -0.1) is 0 Å². The Morgan fingerprint density at radius 2 is 2.00 bits per heavy atom. The van der Waals surface area contributed by atoms with Crippen LogP contribution in [0.2, 0.25) is 0 Å². The summed E-state index contributed by atoms with van der Waals surface area (Å²) in [4.78, 5) is 2.50. The quantitative estimate of drug-likeness (QED) is 0.912. The number of piperidine rings is 1. The maximum absolute atomic E-state index is 5.74. The Morgan fingerprint density at radius 3 is 2.74 bits per heavy atom. The van der Waals surface area contributed by atoms with E-state index in [9.17, 15) is 0 Å². The van der Waals surface area contributed by atoms with Crippen LogP contribution < -0.4 is 5.73 Å². The van der Waals surface area contributed by atoms with E-state index in [-0.39, 0.29) is 0 Å². The molecule has 0 spiro atoms. The highest BCUT2D eigenvalue weighted by atomic mass is 15.3. The molecule has 0 atom stereocenters. The molecule has 0 saturated carbocycles. The van der Waals surface area contributed by atoms with Crippen LogP contribution in [0.1, 0.15) is 18.5 Å². The predicted octanol–water partition coefficient (Wildman–Crippen LogP) is 1.74. The number of para-hydroxylation sites is 1. The van der Waals surface area contributed by atoms with Gasteiger partial charge in [0.25, 0.3) is 0 Å². The summed E-state index contributed by atoms with van der Waals surface area (Å²) in [5.74, 6) is 0.719. The van der Waals surface area contributed by atoms with E-state index in [4.69, 9.17) is 5.73 Å². The summed E-state index contributed by atoms with van der Waals surface area (Å²) in [6.07, 6.45) is 2.45. The van der Waals surface area contributed by atoms with Gasteiger partial charge in [-0.05, 0) is 44.5 Å². The Hall–Kier alpha value is -1.39. The number of nitrogens with two attached hydrogens (primary N) is 1. The van der Waals surface area contributed by atoms with Gasteiger partial charge in [0.05, 0.1) is 11.2 Å². The first-order valence-corrected chi connectivity index (χ1v) is 7.11. The summed E-state index contributed by atoms with van der Waals surface area (Å²) in [5, 5.41) is 5.96. The minimum Gasteiger partial charge on any atom is -0.330 e. The largest absolute Gasteiger partial charge is 0.330 e. The minimum absolute atomic E-state index is 0.719. The maximum Gasteiger partial charge on any atom is 0.0843 e. The van der Waals surface area contributed by atoms with Crippen LogP contribution in [0.5, 0.6) is 0 Å². The SMILES string of the molecule is Cn1nc(CN2CCC(CN)CC2)c2ccccc21. The van der Waals surface area contributed by atoms with Crippen molar-refractivity contribution in [2.45, 2.75) is 19.4 Å². The highest BCUT2D eigenvalue weighted by Crippen LogP contribution is 2.22. The van der Waals surface area contributed by atoms with Crippen molar-refractivity contribution in [1.82, 2.24) is 14.7 Å². The molecule has 4 nitrogen and oxygen atoms in total. The average molecular weight is 258 g/mol. The summed E-state index contributed by atoms with van der Waals surface area (Å²) in [6.45, 7) is 4.08. The molecule has 2 N–H and O–H groups in total. The summed E-state index contributed by atoms with van der Waals surface area (Å²) < 4.78 is 1.98. The number of aryl methyl sites for hydroxylation is 1. The van der Waals surface area contributed by atoms with Gasteiger partial charge in [-0.3, -0.25) is 9.58 Å². The molecule has 4 heteroatoms. The molecule has 0 bridgehead atoms. The first kappa shape index (κ1) is 12.6. The van der Waals surface area contributed by atoms with Crippen molar-refractivity contribution in [2.75, 3.05) is 19.6 Å². The molecule has 1 aliphatic heterocycles. The van der Waals surface area contributed by atoms with Gasteiger partial charge in [0.2, 0.25) is 0 Å². The van der Waals surface area contributed by atoms with Gasteiger partial charge in [0.1, 0.15) is 0 Å². The van der Waals surface area contributed by atoms with Gasteiger partial charge < -0.3 is 5.73 Å². The number of aromatic nitrogens is 2. The van der Waals surface area contributed by atoms with Crippen LogP contribution >= 0.6 is 0 Å². The molecule has 1 fully saturated rings. The second kappa shape index (κ2) is 5.31. The fourth-order valence-electron chi connectivity index (χ4n) is 3.00. The monoisotopic (exact) mass is 258 g/mol.